The Morgan fingerprint density at radius 3 is 1.58 bits per heavy atom. The Kier molecular flexibility index (Phi) is 12.3. The second kappa shape index (κ2) is 17.8. The van der Waals surface area contributed by atoms with Crippen LogP contribution in [-0.4, -0.2) is 93.1 Å². The highest BCUT2D eigenvalue weighted by atomic mass is 16.5. The molecule has 2 aliphatic heterocycles. The van der Waals surface area contributed by atoms with Gasteiger partial charge in [0.1, 0.15) is 23.7 Å². The molecule has 2 saturated heterocycles. The molecule has 2 aliphatic rings. The zero-order valence-electron chi connectivity index (χ0n) is 34.6. The second-order valence-electron chi connectivity index (χ2n) is 16.2. The van der Waals surface area contributed by atoms with Crippen LogP contribution < -0.4 is 10.6 Å². The van der Waals surface area contributed by atoms with Crippen LogP contribution in [0, 0.1) is 11.8 Å². The van der Waals surface area contributed by atoms with Gasteiger partial charge in [0.15, 0.2) is 0 Å². The Balaban J connectivity index is 1.03. The van der Waals surface area contributed by atoms with Gasteiger partial charge in [0.2, 0.25) is 11.8 Å². The number of benzene rings is 3. The van der Waals surface area contributed by atoms with E-state index < -0.39 is 24.3 Å². The van der Waals surface area contributed by atoms with E-state index in [1.165, 1.54) is 14.2 Å². The Morgan fingerprint density at radius 1 is 0.610 bits per heavy atom. The minimum absolute atomic E-state index is 0.104. The van der Waals surface area contributed by atoms with Crippen molar-refractivity contribution in [3.05, 3.63) is 84.7 Å². The van der Waals surface area contributed by atoms with E-state index in [2.05, 4.69) is 81.3 Å². The van der Waals surface area contributed by atoms with Crippen molar-refractivity contribution in [3.8, 4) is 33.6 Å². The van der Waals surface area contributed by atoms with Crippen LogP contribution in [0.15, 0.2) is 73.1 Å². The molecule has 2 aromatic heterocycles. The molecule has 0 unspecified atom stereocenters. The Morgan fingerprint density at radius 2 is 1.05 bits per heavy atom. The number of amides is 4. The maximum absolute atomic E-state index is 13.7. The van der Waals surface area contributed by atoms with E-state index in [0.717, 1.165) is 88.2 Å². The van der Waals surface area contributed by atoms with Crippen LogP contribution in [0.3, 0.4) is 0 Å². The van der Waals surface area contributed by atoms with E-state index in [-0.39, 0.29) is 35.7 Å². The smallest absolute Gasteiger partial charge is 0.407 e. The van der Waals surface area contributed by atoms with Crippen molar-refractivity contribution in [2.24, 2.45) is 11.8 Å². The van der Waals surface area contributed by atoms with Crippen molar-refractivity contribution in [1.82, 2.24) is 40.4 Å². The number of nitrogens with one attached hydrogen (secondary N) is 4. The molecule has 3 aromatic carbocycles. The number of piperidine rings is 1. The Hall–Kier alpha value is -6.18. The zero-order chi connectivity index (χ0) is 41.8. The number of hydrogen-bond donors (Lipinski definition) is 4. The van der Waals surface area contributed by atoms with E-state index in [0.29, 0.717) is 13.1 Å². The number of rotatable bonds is 11. The lowest BCUT2D eigenvalue weighted by Crippen LogP contribution is -2.53. The molecule has 4 atom stereocenters. The summed E-state index contributed by atoms with van der Waals surface area (Å²) in [5.74, 6) is 0.982. The monoisotopic (exact) mass is 802 g/mol. The number of hydrogen-bond acceptors (Lipinski definition) is 8. The number of imidazole rings is 2. The van der Waals surface area contributed by atoms with Crippen LogP contribution in [0.5, 0.6) is 0 Å². The number of nitrogens with zero attached hydrogens (tertiary/aromatic N) is 4. The summed E-state index contributed by atoms with van der Waals surface area (Å²) in [7, 11) is 2.59. The molecule has 0 saturated carbocycles. The maximum Gasteiger partial charge on any atom is 0.407 e. The van der Waals surface area contributed by atoms with Gasteiger partial charge >= 0.3 is 12.2 Å². The summed E-state index contributed by atoms with van der Waals surface area (Å²) in [5.41, 5.74) is 5.89. The van der Waals surface area contributed by atoms with Gasteiger partial charge in [-0.1, -0.05) is 76.2 Å². The third-order valence-corrected chi connectivity index (χ3v) is 11.6. The van der Waals surface area contributed by atoms with Gasteiger partial charge in [0.25, 0.3) is 0 Å². The van der Waals surface area contributed by atoms with Crippen molar-refractivity contribution in [1.29, 1.82) is 0 Å². The first-order valence-corrected chi connectivity index (χ1v) is 20.5. The molecule has 4 amide bonds. The minimum atomic E-state index is -0.693. The summed E-state index contributed by atoms with van der Waals surface area (Å²) in [6.45, 7) is 8.82. The predicted molar refractivity (Wildman–Crippen MR) is 225 cm³/mol. The first-order valence-electron chi connectivity index (χ1n) is 20.5. The number of alkyl carbamates (subject to hydrolysis) is 2. The molecule has 4 heterocycles. The number of aromatic nitrogens is 4. The topological polar surface area (TPSA) is 175 Å². The SMILES string of the molecule is COC(=O)N[C@H](C(=O)N1CCCC[C@H]1c1ncc(-c2ccc3cc(-c4ccc(-c5cnc([C@@H]6CCCN6C(=O)[C@@H](NC(=O)OC)C(C)C)[nH]5)cc4)ccc3c2)[nH]1)C(C)C. The van der Waals surface area contributed by atoms with Crippen LogP contribution >= 0.6 is 0 Å². The standard InChI is InChI=1S/C45H54N8O6/c1-26(2)38(50-44(56)58-5)42(54)52-20-8-7-10-36(52)40-47-25-35(49-40)33-19-18-31-22-30(16-17-32(31)23-33)28-12-14-29(15-13-28)34-24-46-41(48-34)37-11-9-21-53(37)43(55)39(27(3)4)51-45(57)59-6/h12-19,22-27,36-39H,7-11,20-21H2,1-6H3,(H,46,48)(H,47,49)(H,50,56)(H,51,57)/t36-,37-,38-,39-/m0/s1. The maximum atomic E-state index is 13.7. The molecule has 14 heteroatoms. The summed E-state index contributed by atoms with van der Waals surface area (Å²) < 4.78 is 9.56. The Labute approximate surface area is 344 Å². The molecule has 0 spiro atoms. The molecule has 14 nitrogen and oxygen atoms in total. The number of aromatic amines is 2. The molecule has 59 heavy (non-hydrogen) atoms. The molecule has 2 fully saturated rings. The number of likely N-dealkylation sites (tertiary alicyclic amines) is 2. The quantitative estimate of drug-likeness (QED) is 0.105. The van der Waals surface area contributed by atoms with Crippen molar-refractivity contribution in [2.45, 2.75) is 84.0 Å². The average molecular weight is 803 g/mol. The van der Waals surface area contributed by atoms with Gasteiger partial charge in [-0.15, -0.1) is 0 Å². The lowest BCUT2D eigenvalue weighted by molar-refractivity contribution is -0.138. The third kappa shape index (κ3) is 8.81. The largest absolute Gasteiger partial charge is 0.453 e. The molecule has 5 aromatic rings. The normalized spacial score (nSPS) is 17.9. The van der Waals surface area contributed by atoms with Crippen LogP contribution in [-0.2, 0) is 19.1 Å². The fourth-order valence-corrected chi connectivity index (χ4v) is 8.29. The highest BCUT2D eigenvalue weighted by Gasteiger charge is 2.38. The molecular weight excluding hydrogens is 749 g/mol. The summed E-state index contributed by atoms with van der Waals surface area (Å²) in [6.07, 6.45) is 6.69. The fourth-order valence-electron chi connectivity index (χ4n) is 8.29. The van der Waals surface area contributed by atoms with Gasteiger partial charge in [0.05, 0.1) is 50.1 Å². The highest BCUT2D eigenvalue weighted by Crippen LogP contribution is 2.35. The van der Waals surface area contributed by atoms with Gasteiger partial charge in [-0.05, 0) is 83.5 Å². The highest BCUT2D eigenvalue weighted by molar-refractivity contribution is 5.91. The number of fused-ring (bicyclic) bond motifs is 1. The number of carbonyl (C=O) groups excluding carboxylic acids is 4. The first kappa shape index (κ1) is 41.0. The van der Waals surface area contributed by atoms with Gasteiger partial charge in [-0.3, -0.25) is 9.59 Å². The van der Waals surface area contributed by atoms with Gasteiger partial charge in [-0.25, -0.2) is 19.6 Å². The van der Waals surface area contributed by atoms with Crippen molar-refractivity contribution in [3.63, 3.8) is 0 Å². The molecule has 0 radical (unpaired) electrons. The van der Waals surface area contributed by atoms with E-state index >= 15 is 0 Å². The van der Waals surface area contributed by atoms with Crippen LogP contribution in [0.1, 0.15) is 83.5 Å². The van der Waals surface area contributed by atoms with Crippen LogP contribution in [0.25, 0.3) is 44.4 Å². The first-order chi connectivity index (χ1) is 28.4. The summed E-state index contributed by atoms with van der Waals surface area (Å²) >= 11 is 0. The molecule has 7 rings (SSSR count). The lowest BCUT2D eigenvalue weighted by Gasteiger charge is -2.37. The second-order valence-corrected chi connectivity index (χ2v) is 16.2. The summed E-state index contributed by atoms with van der Waals surface area (Å²) in [6, 6.07) is 19.3. The van der Waals surface area contributed by atoms with E-state index in [1.807, 2.05) is 49.9 Å². The van der Waals surface area contributed by atoms with Crippen molar-refractivity contribution < 1.29 is 28.7 Å². The van der Waals surface area contributed by atoms with Gasteiger partial charge in [-0.2, -0.15) is 0 Å². The van der Waals surface area contributed by atoms with Crippen molar-refractivity contribution in [2.75, 3.05) is 27.3 Å². The molecule has 310 valence electrons. The van der Waals surface area contributed by atoms with E-state index in [9.17, 15) is 19.2 Å². The molecule has 0 aliphatic carbocycles. The number of ether oxygens (including phenoxy) is 2. The van der Waals surface area contributed by atoms with Crippen LogP contribution in [0.2, 0.25) is 0 Å². The number of carbonyl (C=O) groups is 4. The number of H-pyrrole nitrogens is 2. The Bertz CT molecular complexity index is 2300. The summed E-state index contributed by atoms with van der Waals surface area (Å²) in [4.78, 5) is 71.4. The third-order valence-electron chi connectivity index (χ3n) is 11.6. The molecular formula is C45H54N8O6. The van der Waals surface area contributed by atoms with E-state index in [4.69, 9.17) is 19.4 Å². The molecule has 4 N–H and O–H groups in total. The zero-order valence-corrected chi connectivity index (χ0v) is 34.6. The molecule has 0 bridgehead atoms. The van der Waals surface area contributed by atoms with E-state index in [1.54, 1.807) is 0 Å². The summed E-state index contributed by atoms with van der Waals surface area (Å²) in [5, 5.41) is 7.62. The fraction of sp³-hybridized carbons (Fsp3) is 0.422. The van der Waals surface area contributed by atoms with Gasteiger partial charge < -0.3 is 39.9 Å². The number of methoxy groups -OCH3 is 2. The average Bonchev–Trinajstić information content (AvgIpc) is 4.06. The predicted octanol–water partition coefficient (Wildman–Crippen LogP) is 7.77. The van der Waals surface area contributed by atoms with Gasteiger partial charge in [0, 0.05) is 18.7 Å². The lowest BCUT2D eigenvalue weighted by atomic mass is 9.97. The minimum Gasteiger partial charge on any atom is -0.453 e. The van der Waals surface area contributed by atoms with Crippen molar-refractivity contribution >= 4 is 34.8 Å². The van der Waals surface area contributed by atoms with Crippen LogP contribution in [0.4, 0.5) is 9.59 Å².